The summed E-state index contributed by atoms with van der Waals surface area (Å²) >= 11 is 0. The molecule has 106 valence electrons. The Balaban J connectivity index is 1.91. The fraction of sp³-hybridized carbons (Fsp3) is 0.400. The van der Waals surface area contributed by atoms with Gasteiger partial charge in [0.2, 0.25) is 5.89 Å². The minimum absolute atomic E-state index is 0.387. The van der Waals surface area contributed by atoms with E-state index in [1.165, 1.54) is 18.4 Å². The monoisotopic (exact) mass is 275 g/mol. The molecule has 0 aliphatic heterocycles. The lowest BCUT2D eigenvalue weighted by Gasteiger charge is -2.24. The highest BCUT2D eigenvalue weighted by molar-refractivity contribution is 5.74. The van der Waals surface area contributed by atoms with Crippen LogP contribution in [0.5, 0.6) is 0 Å². The van der Waals surface area contributed by atoms with E-state index < -0.39 is 6.01 Å². The zero-order chi connectivity index (χ0) is 14.1. The molecule has 1 aromatic heterocycles. The Kier molecular flexibility index (Phi) is 3.34. The Labute approximate surface area is 117 Å². The van der Waals surface area contributed by atoms with Crippen molar-refractivity contribution in [1.82, 2.24) is 4.98 Å². The fourth-order valence-electron chi connectivity index (χ4n) is 2.56. The Hall–Kier alpha value is -2.04. The Morgan fingerprint density at radius 1 is 1.45 bits per heavy atom. The maximum Gasteiger partial charge on any atom is 0.298 e. The average molecular weight is 275 g/mol. The standard InChI is InChI=1S/C15H18FN3O/c1-17-12-5-3-4-11(10-6-7-10)15(12)19(2)9-14-18-8-13(16)20-14/h3-5,8,10,17H,6-7,9H2,1-2H3. The van der Waals surface area contributed by atoms with Crippen LogP contribution >= 0.6 is 0 Å². The number of nitrogens with zero attached hydrogens (tertiary/aromatic N) is 2. The Bertz CT molecular complexity index is 607. The number of hydrogen-bond acceptors (Lipinski definition) is 4. The first kappa shape index (κ1) is 13.0. The molecule has 0 amide bonds. The predicted octanol–water partition coefficient (Wildman–Crippen LogP) is 3.37. The number of benzene rings is 1. The normalized spacial score (nSPS) is 14.3. The maximum atomic E-state index is 12.9. The molecule has 1 aliphatic rings. The summed E-state index contributed by atoms with van der Waals surface area (Å²) in [5.74, 6) is 1.03. The largest absolute Gasteiger partial charge is 0.414 e. The second-order valence-electron chi connectivity index (χ2n) is 5.18. The van der Waals surface area contributed by atoms with Gasteiger partial charge in [0.05, 0.1) is 17.9 Å². The topological polar surface area (TPSA) is 41.3 Å². The molecule has 0 bridgehead atoms. The summed E-state index contributed by atoms with van der Waals surface area (Å²) in [6.07, 6.45) is 3.58. The van der Waals surface area contributed by atoms with Crippen molar-refractivity contribution in [2.45, 2.75) is 25.3 Å². The predicted molar refractivity (Wildman–Crippen MR) is 76.5 cm³/mol. The molecule has 2 aromatic rings. The molecule has 4 nitrogen and oxygen atoms in total. The quantitative estimate of drug-likeness (QED) is 0.908. The van der Waals surface area contributed by atoms with Crippen LogP contribution in [0.1, 0.15) is 30.2 Å². The second kappa shape index (κ2) is 5.15. The number of oxazole rings is 1. The Morgan fingerprint density at radius 3 is 2.85 bits per heavy atom. The lowest BCUT2D eigenvalue weighted by atomic mass is 10.1. The molecule has 1 aromatic carbocycles. The summed E-state index contributed by atoms with van der Waals surface area (Å²) in [5.41, 5.74) is 3.56. The van der Waals surface area contributed by atoms with Crippen molar-refractivity contribution in [3.8, 4) is 0 Å². The average Bonchev–Trinajstić information content (AvgIpc) is 3.22. The number of anilines is 2. The van der Waals surface area contributed by atoms with Crippen LogP contribution in [-0.4, -0.2) is 19.1 Å². The zero-order valence-electron chi connectivity index (χ0n) is 11.7. The van der Waals surface area contributed by atoms with Crippen LogP contribution in [0.3, 0.4) is 0 Å². The first-order valence-corrected chi connectivity index (χ1v) is 6.81. The Morgan fingerprint density at radius 2 is 2.25 bits per heavy atom. The molecule has 1 heterocycles. The van der Waals surface area contributed by atoms with E-state index in [-0.39, 0.29) is 0 Å². The van der Waals surface area contributed by atoms with Gasteiger partial charge in [-0.1, -0.05) is 12.1 Å². The number of para-hydroxylation sites is 1. The third kappa shape index (κ3) is 2.48. The van der Waals surface area contributed by atoms with E-state index in [0.29, 0.717) is 18.4 Å². The van der Waals surface area contributed by atoms with E-state index in [2.05, 4.69) is 27.3 Å². The zero-order valence-corrected chi connectivity index (χ0v) is 11.7. The molecule has 1 N–H and O–H groups in total. The highest BCUT2D eigenvalue weighted by atomic mass is 19.1. The minimum atomic E-state index is -0.641. The molecule has 1 aliphatic carbocycles. The lowest BCUT2D eigenvalue weighted by molar-refractivity contribution is 0.334. The number of rotatable bonds is 5. The number of halogens is 1. The molecule has 20 heavy (non-hydrogen) atoms. The van der Waals surface area contributed by atoms with Gasteiger partial charge >= 0.3 is 0 Å². The van der Waals surface area contributed by atoms with Gasteiger partial charge in [-0.2, -0.15) is 4.39 Å². The van der Waals surface area contributed by atoms with Crippen molar-refractivity contribution >= 4 is 11.4 Å². The van der Waals surface area contributed by atoms with E-state index in [1.54, 1.807) is 0 Å². The van der Waals surface area contributed by atoms with Gasteiger partial charge in [-0.3, -0.25) is 0 Å². The molecule has 0 unspecified atom stereocenters. The summed E-state index contributed by atoms with van der Waals surface area (Å²) in [6.45, 7) is 0.447. The van der Waals surface area contributed by atoms with Crippen LogP contribution in [0.25, 0.3) is 0 Å². The van der Waals surface area contributed by atoms with Gasteiger partial charge in [0, 0.05) is 14.1 Å². The van der Waals surface area contributed by atoms with E-state index >= 15 is 0 Å². The molecule has 1 fully saturated rings. The first-order chi connectivity index (χ1) is 9.69. The molecule has 5 heteroatoms. The van der Waals surface area contributed by atoms with Crippen LogP contribution in [0.15, 0.2) is 28.8 Å². The minimum Gasteiger partial charge on any atom is -0.414 e. The highest BCUT2D eigenvalue weighted by Crippen LogP contribution is 2.46. The van der Waals surface area contributed by atoms with E-state index in [9.17, 15) is 4.39 Å². The molecule has 3 rings (SSSR count). The SMILES string of the molecule is CNc1cccc(C2CC2)c1N(C)Cc1ncc(F)o1. The molecule has 0 atom stereocenters. The van der Waals surface area contributed by atoms with E-state index in [1.807, 2.05) is 20.2 Å². The third-order valence-electron chi connectivity index (χ3n) is 3.63. The molecule has 0 spiro atoms. The van der Waals surface area contributed by atoms with Crippen molar-refractivity contribution in [2.24, 2.45) is 0 Å². The van der Waals surface area contributed by atoms with Crippen molar-refractivity contribution in [3.05, 3.63) is 41.9 Å². The van der Waals surface area contributed by atoms with Crippen LogP contribution in [0.4, 0.5) is 15.8 Å². The van der Waals surface area contributed by atoms with Gasteiger partial charge in [0.15, 0.2) is 0 Å². The van der Waals surface area contributed by atoms with Gasteiger partial charge in [-0.15, -0.1) is 0 Å². The van der Waals surface area contributed by atoms with E-state index in [0.717, 1.165) is 17.6 Å². The number of nitrogens with one attached hydrogen (secondary N) is 1. The van der Waals surface area contributed by atoms with Gasteiger partial charge < -0.3 is 14.6 Å². The van der Waals surface area contributed by atoms with Crippen molar-refractivity contribution < 1.29 is 8.81 Å². The van der Waals surface area contributed by atoms with Crippen LogP contribution in [0.2, 0.25) is 0 Å². The van der Waals surface area contributed by atoms with Crippen LogP contribution in [-0.2, 0) is 6.54 Å². The van der Waals surface area contributed by atoms with Gasteiger partial charge in [0.25, 0.3) is 6.01 Å². The molecule has 0 radical (unpaired) electrons. The van der Waals surface area contributed by atoms with Gasteiger partial charge in [-0.25, -0.2) is 4.98 Å². The lowest BCUT2D eigenvalue weighted by Crippen LogP contribution is -2.19. The smallest absolute Gasteiger partial charge is 0.298 e. The summed E-state index contributed by atoms with van der Waals surface area (Å²) in [6, 6.07) is 5.65. The summed E-state index contributed by atoms with van der Waals surface area (Å²) in [7, 11) is 3.89. The molecule has 0 saturated heterocycles. The molecular weight excluding hydrogens is 257 g/mol. The third-order valence-corrected chi connectivity index (χ3v) is 3.63. The summed E-state index contributed by atoms with van der Waals surface area (Å²) in [5, 5.41) is 3.22. The number of hydrogen-bond donors (Lipinski definition) is 1. The van der Waals surface area contributed by atoms with Gasteiger partial charge in [0.1, 0.15) is 6.20 Å². The van der Waals surface area contributed by atoms with Crippen LogP contribution in [0, 0.1) is 6.01 Å². The second-order valence-corrected chi connectivity index (χ2v) is 5.18. The summed E-state index contributed by atoms with van der Waals surface area (Å²) in [4.78, 5) is 5.98. The van der Waals surface area contributed by atoms with Crippen molar-refractivity contribution in [1.29, 1.82) is 0 Å². The van der Waals surface area contributed by atoms with Crippen molar-refractivity contribution in [2.75, 3.05) is 24.3 Å². The highest BCUT2D eigenvalue weighted by Gasteiger charge is 2.28. The first-order valence-electron chi connectivity index (χ1n) is 6.81. The molecule has 1 saturated carbocycles. The fourth-order valence-corrected chi connectivity index (χ4v) is 2.56. The van der Waals surface area contributed by atoms with Gasteiger partial charge in [-0.05, 0) is 30.4 Å². The molecular formula is C15H18FN3O. The maximum absolute atomic E-state index is 12.9. The van der Waals surface area contributed by atoms with E-state index in [4.69, 9.17) is 4.42 Å². The number of aromatic nitrogens is 1. The van der Waals surface area contributed by atoms with Crippen molar-refractivity contribution in [3.63, 3.8) is 0 Å². The van der Waals surface area contributed by atoms with Crippen LogP contribution < -0.4 is 10.2 Å². The summed E-state index contributed by atoms with van der Waals surface area (Å²) < 4.78 is 17.8.